The van der Waals surface area contributed by atoms with Gasteiger partial charge >= 0.3 is 0 Å². The third-order valence-electron chi connectivity index (χ3n) is 5.88. The molecule has 0 N–H and O–H groups in total. The van der Waals surface area contributed by atoms with Crippen LogP contribution in [0.15, 0.2) is 69.9 Å². The van der Waals surface area contributed by atoms with Crippen LogP contribution in [0.3, 0.4) is 0 Å². The summed E-state index contributed by atoms with van der Waals surface area (Å²) in [5.74, 6) is 1.65. The van der Waals surface area contributed by atoms with Crippen molar-refractivity contribution < 1.29 is 18.3 Å². The van der Waals surface area contributed by atoms with E-state index in [1.807, 2.05) is 36.8 Å². The normalized spacial score (nSPS) is 11.3. The summed E-state index contributed by atoms with van der Waals surface area (Å²) in [4.78, 5) is 0. The Kier molecular flexibility index (Phi) is 4.28. The van der Waals surface area contributed by atoms with E-state index in [2.05, 4.69) is 38.1 Å². The van der Waals surface area contributed by atoms with E-state index in [0.717, 1.165) is 66.8 Å². The second kappa shape index (κ2) is 6.99. The Hall–Kier alpha value is -3.66. The van der Waals surface area contributed by atoms with Gasteiger partial charge in [-0.1, -0.05) is 24.3 Å². The van der Waals surface area contributed by atoms with Crippen LogP contribution in [0.4, 0.5) is 0 Å². The first-order valence-electron chi connectivity index (χ1n) is 9.82. The summed E-state index contributed by atoms with van der Waals surface area (Å²) in [6.07, 6.45) is 3.67. The van der Waals surface area contributed by atoms with E-state index in [4.69, 9.17) is 18.3 Å². The molecule has 2 heterocycles. The maximum Gasteiger partial charge on any atom is 0.138 e. The van der Waals surface area contributed by atoms with Crippen LogP contribution < -0.4 is 9.47 Å². The van der Waals surface area contributed by atoms with Gasteiger partial charge in [0.25, 0.3) is 0 Å². The zero-order chi connectivity index (χ0) is 20.8. The minimum atomic E-state index is 0.825. The van der Waals surface area contributed by atoms with E-state index in [1.165, 1.54) is 0 Å². The summed E-state index contributed by atoms with van der Waals surface area (Å²) in [5.41, 5.74) is 8.18. The van der Waals surface area contributed by atoms with Gasteiger partial charge in [0.1, 0.15) is 22.7 Å². The molecule has 2 aromatic heterocycles. The van der Waals surface area contributed by atoms with Gasteiger partial charge < -0.3 is 18.3 Å². The molecule has 30 heavy (non-hydrogen) atoms. The molecule has 0 aliphatic carbocycles. The maximum atomic E-state index is 6.08. The van der Waals surface area contributed by atoms with Crippen LogP contribution in [-0.4, -0.2) is 14.2 Å². The van der Waals surface area contributed by atoms with Crippen LogP contribution in [0, 0.1) is 13.8 Å². The van der Waals surface area contributed by atoms with Crippen molar-refractivity contribution >= 4 is 21.9 Å². The Labute approximate surface area is 174 Å². The van der Waals surface area contributed by atoms with Crippen LogP contribution in [0.1, 0.15) is 11.1 Å². The lowest BCUT2D eigenvalue weighted by molar-refractivity contribution is 0.415. The molecule has 0 aliphatic heterocycles. The Morgan fingerprint density at radius 3 is 1.27 bits per heavy atom. The Bertz CT molecular complexity index is 1250. The zero-order valence-electron chi connectivity index (χ0n) is 17.4. The molecule has 0 saturated heterocycles. The van der Waals surface area contributed by atoms with Crippen molar-refractivity contribution in [2.75, 3.05) is 14.2 Å². The Balaban J connectivity index is 1.83. The van der Waals surface area contributed by atoms with Crippen LogP contribution >= 0.6 is 0 Å². The molecule has 0 fully saturated rings. The van der Waals surface area contributed by atoms with Gasteiger partial charge in [-0.15, -0.1) is 0 Å². The highest BCUT2D eigenvalue weighted by atomic mass is 16.5. The third kappa shape index (κ3) is 2.68. The molecule has 4 nitrogen and oxygen atoms in total. The molecular weight excluding hydrogens is 376 g/mol. The fourth-order valence-corrected chi connectivity index (χ4v) is 4.07. The number of hydrogen-bond acceptors (Lipinski definition) is 4. The predicted molar refractivity (Wildman–Crippen MR) is 119 cm³/mol. The molecule has 0 saturated carbocycles. The lowest BCUT2D eigenvalue weighted by atomic mass is 9.93. The van der Waals surface area contributed by atoms with Gasteiger partial charge in [0.15, 0.2) is 0 Å². The second-order valence-electron chi connectivity index (χ2n) is 7.41. The van der Waals surface area contributed by atoms with Crippen LogP contribution in [0.5, 0.6) is 11.5 Å². The molecule has 0 atom stereocenters. The van der Waals surface area contributed by atoms with Crippen molar-refractivity contribution in [3.05, 3.63) is 72.2 Å². The van der Waals surface area contributed by atoms with E-state index in [0.29, 0.717) is 0 Å². The molecule has 0 amide bonds. The van der Waals surface area contributed by atoms with Gasteiger partial charge in [-0.2, -0.15) is 0 Å². The third-order valence-corrected chi connectivity index (χ3v) is 5.88. The second-order valence-corrected chi connectivity index (χ2v) is 7.41. The standard InChI is InChI=1S/C26H22O4/c1-15-16(2)26-24(22(14-30-26)18-7-11-20(28-4)12-8-18)23-21(13-29-25(15)23)17-5-9-19(27-3)10-6-17/h5-14H,1-4H3. The van der Waals surface area contributed by atoms with E-state index >= 15 is 0 Å². The lowest BCUT2D eigenvalue weighted by Crippen LogP contribution is -1.87. The van der Waals surface area contributed by atoms with Gasteiger partial charge in [-0.3, -0.25) is 0 Å². The van der Waals surface area contributed by atoms with Crippen molar-refractivity contribution in [3.8, 4) is 33.8 Å². The number of aryl methyl sites for hydroxylation is 2. The Morgan fingerprint density at radius 1 is 0.567 bits per heavy atom. The number of benzene rings is 3. The molecular formula is C26H22O4. The fraction of sp³-hybridized carbons (Fsp3) is 0.154. The smallest absolute Gasteiger partial charge is 0.138 e. The maximum absolute atomic E-state index is 6.08. The number of furan rings is 2. The van der Waals surface area contributed by atoms with Gasteiger partial charge in [0.05, 0.1) is 26.7 Å². The SMILES string of the molecule is COc1ccc(-c2coc3c(C)c(C)c4occ(-c5ccc(OC)cc5)c4c23)cc1. The molecule has 0 unspecified atom stereocenters. The highest BCUT2D eigenvalue weighted by Crippen LogP contribution is 2.44. The zero-order valence-corrected chi connectivity index (χ0v) is 17.4. The van der Waals surface area contributed by atoms with E-state index in [9.17, 15) is 0 Å². The first-order chi connectivity index (χ1) is 14.6. The van der Waals surface area contributed by atoms with Crippen molar-refractivity contribution in [3.63, 3.8) is 0 Å². The molecule has 0 radical (unpaired) electrons. The van der Waals surface area contributed by atoms with Crippen molar-refractivity contribution in [1.29, 1.82) is 0 Å². The van der Waals surface area contributed by atoms with Crippen molar-refractivity contribution in [2.45, 2.75) is 13.8 Å². The molecule has 5 aromatic rings. The highest BCUT2D eigenvalue weighted by Gasteiger charge is 2.22. The molecule has 5 rings (SSSR count). The summed E-state index contributed by atoms with van der Waals surface area (Å²) in [6, 6.07) is 16.1. The monoisotopic (exact) mass is 398 g/mol. The molecule has 0 aliphatic rings. The summed E-state index contributed by atoms with van der Waals surface area (Å²) >= 11 is 0. The number of hydrogen-bond donors (Lipinski definition) is 0. The summed E-state index contributed by atoms with van der Waals surface area (Å²) in [7, 11) is 3.34. The predicted octanol–water partition coefficient (Wildman–Crippen LogP) is 7.15. The van der Waals surface area contributed by atoms with Gasteiger partial charge in [0, 0.05) is 21.9 Å². The largest absolute Gasteiger partial charge is 0.497 e. The average molecular weight is 398 g/mol. The van der Waals surface area contributed by atoms with Gasteiger partial charge in [0.2, 0.25) is 0 Å². The van der Waals surface area contributed by atoms with Gasteiger partial charge in [-0.05, 0) is 60.4 Å². The quantitative estimate of drug-likeness (QED) is 0.322. The minimum absolute atomic E-state index is 0.825. The van der Waals surface area contributed by atoms with E-state index < -0.39 is 0 Å². The summed E-state index contributed by atoms with van der Waals surface area (Å²) in [5, 5.41) is 2.13. The van der Waals surface area contributed by atoms with Crippen molar-refractivity contribution in [2.24, 2.45) is 0 Å². The lowest BCUT2D eigenvalue weighted by Gasteiger charge is -2.08. The number of fused-ring (bicyclic) bond motifs is 3. The first kappa shape index (κ1) is 18.4. The van der Waals surface area contributed by atoms with Crippen LogP contribution in [0.2, 0.25) is 0 Å². The summed E-state index contributed by atoms with van der Waals surface area (Å²) in [6.45, 7) is 4.15. The molecule has 4 heteroatoms. The first-order valence-corrected chi connectivity index (χ1v) is 9.82. The van der Waals surface area contributed by atoms with E-state index in [-0.39, 0.29) is 0 Å². The number of ether oxygens (including phenoxy) is 2. The molecule has 150 valence electrons. The Morgan fingerprint density at radius 2 is 0.933 bits per heavy atom. The number of rotatable bonds is 4. The highest BCUT2D eigenvalue weighted by molar-refractivity contribution is 6.19. The average Bonchev–Trinajstić information content (AvgIpc) is 3.42. The topological polar surface area (TPSA) is 44.7 Å². The molecule has 0 spiro atoms. The molecule has 3 aromatic carbocycles. The fourth-order valence-electron chi connectivity index (χ4n) is 4.07. The van der Waals surface area contributed by atoms with Crippen LogP contribution in [-0.2, 0) is 0 Å². The van der Waals surface area contributed by atoms with Crippen LogP contribution in [0.25, 0.3) is 44.2 Å². The summed E-state index contributed by atoms with van der Waals surface area (Å²) < 4.78 is 22.8. The molecule has 0 bridgehead atoms. The number of methoxy groups -OCH3 is 2. The van der Waals surface area contributed by atoms with E-state index in [1.54, 1.807) is 14.2 Å². The minimum Gasteiger partial charge on any atom is -0.497 e. The van der Waals surface area contributed by atoms with Gasteiger partial charge in [-0.25, -0.2) is 0 Å². The van der Waals surface area contributed by atoms with Crippen molar-refractivity contribution in [1.82, 2.24) is 0 Å².